The molecule has 0 radical (unpaired) electrons. The van der Waals surface area contributed by atoms with Gasteiger partial charge in [0.15, 0.2) is 5.96 Å². The lowest BCUT2D eigenvalue weighted by Crippen LogP contribution is -2.38. The lowest BCUT2D eigenvalue weighted by atomic mass is 10.0. The Morgan fingerprint density at radius 3 is 2.50 bits per heavy atom. The summed E-state index contributed by atoms with van der Waals surface area (Å²) in [6.45, 7) is 5.01. The van der Waals surface area contributed by atoms with Crippen molar-refractivity contribution in [2.75, 3.05) is 26.2 Å². The minimum absolute atomic E-state index is 0. The summed E-state index contributed by atoms with van der Waals surface area (Å²) in [6, 6.07) is 0. The second-order valence-corrected chi connectivity index (χ2v) is 6.93. The Morgan fingerprint density at radius 1 is 1.18 bits per heavy atom. The third-order valence-corrected chi connectivity index (χ3v) is 5.02. The van der Waals surface area contributed by atoms with E-state index >= 15 is 0 Å². The van der Waals surface area contributed by atoms with Crippen LogP contribution < -0.4 is 10.6 Å². The van der Waals surface area contributed by atoms with E-state index in [2.05, 4.69) is 22.5 Å². The molecule has 0 amide bonds. The van der Waals surface area contributed by atoms with Gasteiger partial charge >= 0.3 is 0 Å². The largest absolute Gasteiger partial charge is 0.396 e. The first-order valence-electron chi connectivity index (χ1n) is 8.91. The Kier molecular flexibility index (Phi) is 9.71. The molecule has 5 heteroatoms. The van der Waals surface area contributed by atoms with Crippen molar-refractivity contribution in [3.63, 3.8) is 0 Å². The minimum atomic E-state index is 0. The number of nitrogens with one attached hydrogen (secondary N) is 2. The summed E-state index contributed by atoms with van der Waals surface area (Å²) in [4.78, 5) is 4.63. The predicted octanol–water partition coefficient (Wildman–Crippen LogP) is 3.29. The van der Waals surface area contributed by atoms with Crippen molar-refractivity contribution in [3.8, 4) is 0 Å². The maximum atomic E-state index is 9.34. The Labute approximate surface area is 152 Å². The number of halogens is 1. The van der Waals surface area contributed by atoms with Crippen molar-refractivity contribution in [2.45, 2.75) is 64.7 Å². The van der Waals surface area contributed by atoms with Crippen LogP contribution in [-0.2, 0) is 0 Å². The van der Waals surface area contributed by atoms with Crippen LogP contribution in [0.5, 0.6) is 0 Å². The molecule has 2 aliphatic rings. The number of aliphatic hydroxyl groups excluding tert-OH is 1. The summed E-state index contributed by atoms with van der Waals surface area (Å²) < 4.78 is 0. The van der Waals surface area contributed by atoms with Crippen molar-refractivity contribution >= 4 is 29.9 Å². The Hall–Kier alpha value is -0.0400. The van der Waals surface area contributed by atoms with Gasteiger partial charge in [-0.25, -0.2) is 0 Å². The van der Waals surface area contributed by atoms with Crippen LogP contribution in [0, 0.1) is 11.3 Å². The molecule has 22 heavy (non-hydrogen) atoms. The molecule has 0 spiro atoms. The lowest BCUT2D eigenvalue weighted by Gasteiger charge is -2.14. The van der Waals surface area contributed by atoms with Gasteiger partial charge in [-0.3, -0.25) is 4.99 Å². The fraction of sp³-hybridized carbons (Fsp3) is 0.941. The van der Waals surface area contributed by atoms with Crippen molar-refractivity contribution in [1.82, 2.24) is 10.6 Å². The molecule has 0 aliphatic heterocycles. The summed E-state index contributed by atoms with van der Waals surface area (Å²) >= 11 is 0. The number of aliphatic imine (C=N–C) groups is 1. The summed E-state index contributed by atoms with van der Waals surface area (Å²) in [5.74, 6) is 1.92. The second-order valence-electron chi connectivity index (χ2n) is 6.93. The number of rotatable bonds is 9. The van der Waals surface area contributed by atoms with Crippen LogP contribution in [0.3, 0.4) is 0 Å². The van der Waals surface area contributed by atoms with Crippen LogP contribution in [0.4, 0.5) is 0 Å². The molecular formula is C17H34IN3O. The standard InChI is InChI=1S/C17H33N3O.HI/c1-2-18-16(20-13-17(14-21)10-11-17)19-12-6-5-9-15-7-3-4-8-15;/h15,21H,2-14H2,1H3,(H2,18,19,20);1H. The van der Waals surface area contributed by atoms with Crippen LogP contribution in [0.1, 0.15) is 64.7 Å². The Bertz CT molecular complexity index is 326. The predicted molar refractivity (Wildman–Crippen MR) is 104 cm³/mol. The highest BCUT2D eigenvalue weighted by atomic mass is 127. The number of nitrogens with zero attached hydrogens (tertiary/aromatic N) is 1. The van der Waals surface area contributed by atoms with Crippen LogP contribution in [0.15, 0.2) is 4.99 Å². The monoisotopic (exact) mass is 423 g/mol. The zero-order chi connectivity index (χ0) is 15.0. The fourth-order valence-electron chi connectivity index (χ4n) is 3.20. The molecule has 0 atom stereocenters. The van der Waals surface area contributed by atoms with E-state index in [4.69, 9.17) is 0 Å². The molecule has 2 saturated carbocycles. The molecule has 2 aliphatic carbocycles. The molecule has 2 fully saturated rings. The first-order valence-corrected chi connectivity index (χ1v) is 8.91. The first-order chi connectivity index (χ1) is 10.3. The highest BCUT2D eigenvalue weighted by Gasteiger charge is 2.41. The number of guanidine groups is 1. The quantitative estimate of drug-likeness (QED) is 0.231. The third kappa shape index (κ3) is 7.02. The molecule has 0 aromatic heterocycles. The van der Waals surface area contributed by atoms with Gasteiger partial charge in [-0.15, -0.1) is 24.0 Å². The molecule has 130 valence electrons. The molecule has 0 aromatic carbocycles. The Morgan fingerprint density at radius 2 is 1.91 bits per heavy atom. The van der Waals surface area contributed by atoms with E-state index in [9.17, 15) is 5.11 Å². The highest BCUT2D eigenvalue weighted by Crippen LogP contribution is 2.45. The SMILES string of the molecule is CCNC(=NCC1(CO)CC1)NCCCCC1CCCC1.I. The average molecular weight is 423 g/mol. The van der Waals surface area contributed by atoms with E-state index < -0.39 is 0 Å². The second kappa shape index (κ2) is 10.7. The summed E-state index contributed by atoms with van der Waals surface area (Å²) in [6.07, 6.45) is 12.0. The molecule has 0 bridgehead atoms. The normalized spacial score (nSPS) is 20.5. The minimum Gasteiger partial charge on any atom is -0.396 e. The first kappa shape index (κ1) is 20.0. The average Bonchev–Trinajstić information content (AvgIpc) is 3.10. The van der Waals surface area contributed by atoms with E-state index in [1.807, 2.05) is 0 Å². The van der Waals surface area contributed by atoms with Crippen LogP contribution in [0.25, 0.3) is 0 Å². The van der Waals surface area contributed by atoms with E-state index in [1.165, 1.54) is 44.9 Å². The number of hydrogen-bond acceptors (Lipinski definition) is 2. The molecule has 0 saturated heterocycles. The van der Waals surface area contributed by atoms with E-state index in [1.54, 1.807) is 0 Å². The zero-order valence-electron chi connectivity index (χ0n) is 14.1. The topological polar surface area (TPSA) is 56.7 Å². The zero-order valence-corrected chi connectivity index (χ0v) is 16.4. The molecule has 0 heterocycles. The lowest BCUT2D eigenvalue weighted by molar-refractivity contribution is 0.217. The van der Waals surface area contributed by atoms with E-state index in [-0.39, 0.29) is 36.0 Å². The van der Waals surface area contributed by atoms with Crippen molar-refractivity contribution in [2.24, 2.45) is 16.3 Å². The van der Waals surface area contributed by atoms with Crippen molar-refractivity contribution in [3.05, 3.63) is 0 Å². The molecule has 2 rings (SSSR count). The van der Waals surface area contributed by atoms with Gasteiger partial charge in [0.05, 0.1) is 13.2 Å². The third-order valence-electron chi connectivity index (χ3n) is 5.02. The van der Waals surface area contributed by atoms with Crippen LogP contribution in [-0.4, -0.2) is 37.3 Å². The van der Waals surface area contributed by atoms with Gasteiger partial charge in [0.1, 0.15) is 0 Å². The molecule has 4 nitrogen and oxygen atoms in total. The number of hydrogen-bond donors (Lipinski definition) is 3. The van der Waals surface area contributed by atoms with Gasteiger partial charge < -0.3 is 15.7 Å². The van der Waals surface area contributed by atoms with Crippen molar-refractivity contribution < 1.29 is 5.11 Å². The molecule has 0 unspecified atom stereocenters. The molecule has 0 aromatic rings. The van der Waals surface area contributed by atoms with E-state index in [0.29, 0.717) is 0 Å². The van der Waals surface area contributed by atoms with Gasteiger partial charge in [0.2, 0.25) is 0 Å². The van der Waals surface area contributed by atoms with Gasteiger partial charge in [-0.1, -0.05) is 38.5 Å². The van der Waals surface area contributed by atoms with Crippen LogP contribution >= 0.6 is 24.0 Å². The van der Waals surface area contributed by atoms with Crippen LogP contribution in [0.2, 0.25) is 0 Å². The number of unbranched alkanes of at least 4 members (excludes halogenated alkanes) is 1. The van der Waals surface area contributed by atoms with Gasteiger partial charge in [-0.05, 0) is 32.1 Å². The smallest absolute Gasteiger partial charge is 0.191 e. The van der Waals surface area contributed by atoms with Crippen molar-refractivity contribution in [1.29, 1.82) is 0 Å². The summed E-state index contributed by atoms with van der Waals surface area (Å²) in [5, 5.41) is 16.1. The summed E-state index contributed by atoms with van der Waals surface area (Å²) in [7, 11) is 0. The maximum absolute atomic E-state index is 9.34. The maximum Gasteiger partial charge on any atom is 0.191 e. The fourth-order valence-corrected chi connectivity index (χ4v) is 3.20. The van der Waals surface area contributed by atoms with Gasteiger partial charge in [0.25, 0.3) is 0 Å². The van der Waals surface area contributed by atoms with Gasteiger partial charge in [0, 0.05) is 18.5 Å². The highest BCUT2D eigenvalue weighted by molar-refractivity contribution is 14.0. The molecular weight excluding hydrogens is 389 g/mol. The molecule has 3 N–H and O–H groups in total. The van der Waals surface area contributed by atoms with E-state index in [0.717, 1.165) is 44.4 Å². The van der Waals surface area contributed by atoms with Gasteiger partial charge in [-0.2, -0.15) is 0 Å². The Balaban J connectivity index is 0.00000242. The summed E-state index contributed by atoms with van der Waals surface area (Å²) in [5.41, 5.74) is 0.102. The number of aliphatic hydroxyl groups is 1.